The maximum Gasteiger partial charge on any atom is 0.255 e. The summed E-state index contributed by atoms with van der Waals surface area (Å²) >= 11 is 6.06. The molecule has 0 radical (unpaired) electrons. The monoisotopic (exact) mass is 302 g/mol. The molecule has 0 bridgehead atoms. The van der Waals surface area contributed by atoms with E-state index in [1.165, 1.54) is 5.56 Å². The number of hydrogen-bond donors (Lipinski definition) is 1. The van der Waals surface area contributed by atoms with Gasteiger partial charge in [-0.25, -0.2) is 0 Å². The number of amides is 1. The molecule has 4 heteroatoms. The van der Waals surface area contributed by atoms with Crippen LogP contribution in [0.1, 0.15) is 22.3 Å². The number of carbonyl (C=O) groups is 1. The van der Waals surface area contributed by atoms with Gasteiger partial charge in [-0.1, -0.05) is 41.9 Å². The SMILES string of the molecule is CN(CCCc1ccccc1)C(=O)c1cc(N)ccc1Cl. The third-order valence-electron chi connectivity index (χ3n) is 3.37. The molecule has 0 aliphatic rings. The summed E-state index contributed by atoms with van der Waals surface area (Å²) in [5, 5.41) is 0.434. The van der Waals surface area contributed by atoms with E-state index in [9.17, 15) is 4.79 Å². The molecule has 2 N–H and O–H groups in total. The number of nitrogens with zero attached hydrogens (tertiary/aromatic N) is 1. The highest BCUT2D eigenvalue weighted by Crippen LogP contribution is 2.20. The lowest BCUT2D eigenvalue weighted by molar-refractivity contribution is 0.0794. The number of hydrogen-bond acceptors (Lipinski definition) is 2. The van der Waals surface area contributed by atoms with Gasteiger partial charge in [-0.3, -0.25) is 4.79 Å². The van der Waals surface area contributed by atoms with Crippen LogP contribution in [0.4, 0.5) is 5.69 Å². The maximum absolute atomic E-state index is 12.3. The molecule has 0 aromatic heterocycles. The van der Waals surface area contributed by atoms with Crippen molar-refractivity contribution in [3.63, 3.8) is 0 Å². The second kappa shape index (κ2) is 7.14. The second-order valence-electron chi connectivity index (χ2n) is 5.06. The van der Waals surface area contributed by atoms with Crippen LogP contribution in [0.2, 0.25) is 5.02 Å². The van der Waals surface area contributed by atoms with E-state index in [0.717, 1.165) is 12.8 Å². The van der Waals surface area contributed by atoms with Crippen molar-refractivity contribution in [2.45, 2.75) is 12.8 Å². The van der Waals surface area contributed by atoms with E-state index in [2.05, 4.69) is 12.1 Å². The van der Waals surface area contributed by atoms with E-state index in [1.807, 2.05) is 18.2 Å². The molecule has 2 aromatic carbocycles. The van der Waals surface area contributed by atoms with Crippen LogP contribution in [0.15, 0.2) is 48.5 Å². The lowest BCUT2D eigenvalue weighted by Gasteiger charge is -2.18. The predicted octanol–water partition coefficient (Wildman–Crippen LogP) is 3.63. The highest BCUT2D eigenvalue weighted by atomic mass is 35.5. The van der Waals surface area contributed by atoms with E-state index in [1.54, 1.807) is 30.1 Å². The predicted molar refractivity (Wildman–Crippen MR) is 87.6 cm³/mol. The fourth-order valence-electron chi connectivity index (χ4n) is 2.18. The first-order valence-electron chi connectivity index (χ1n) is 6.92. The van der Waals surface area contributed by atoms with E-state index in [4.69, 9.17) is 17.3 Å². The zero-order chi connectivity index (χ0) is 15.2. The first-order chi connectivity index (χ1) is 10.1. The van der Waals surface area contributed by atoms with Crippen LogP contribution in [0.5, 0.6) is 0 Å². The number of rotatable bonds is 5. The Bertz CT molecular complexity index is 613. The van der Waals surface area contributed by atoms with Crippen molar-refractivity contribution >= 4 is 23.2 Å². The van der Waals surface area contributed by atoms with Crippen LogP contribution in [0.25, 0.3) is 0 Å². The van der Waals surface area contributed by atoms with Crippen LogP contribution < -0.4 is 5.73 Å². The summed E-state index contributed by atoms with van der Waals surface area (Å²) < 4.78 is 0. The molecule has 0 aliphatic heterocycles. The molecule has 0 saturated carbocycles. The van der Waals surface area contributed by atoms with Crippen LogP contribution in [-0.4, -0.2) is 24.4 Å². The van der Waals surface area contributed by atoms with Crippen LogP contribution in [-0.2, 0) is 6.42 Å². The molecule has 21 heavy (non-hydrogen) atoms. The summed E-state index contributed by atoms with van der Waals surface area (Å²) in [5.74, 6) is -0.0969. The van der Waals surface area contributed by atoms with Crippen LogP contribution in [0, 0.1) is 0 Å². The number of aryl methyl sites for hydroxylation is 1. The maximum atomic E-state index is 12.3. The number of carbonyl (C=O) groups excluding carboxylic acids is 1. The van der Waals surface area contributed by atoms with Gasteiger partial charge in [-0.2, -0.15) is 0 Å². The van der Waals surface area contributed by atoms with Crippen molar-refractivity contribution in [1.29, 1.82) is 0 Å². The average molecular weight is 303 g/mol. The molecule has 0 spiro atoms. The van der Waals surface area contributed by atoms with E-state index < -0.39 is 0 Å². The Hall–Kier alpha value is -2.00. The lowest BCUT2D eigenvalue weighted by Crippen LogP contribution is -2.28. The third kappa shape index (κ3) is 4.23. The molecular formula is C17H19ClN2O. The molecule has 0 saturated heterocycles. The summed E-state index contributed by atoms with van der Waals surface area (Å²) in [6, 6.07) is 15.2. The lowest BCUT2D eigenvalue weighted by atomic mass is 10.1. The third-order valence-corrected chi connectivity index (χ3v) is 3.70. The minimum Gasteiger partial charge on any atom is -0.399 e. The zero-order valence-corrected chi connectivity index (χ0v) is 12.8. The number of nitrogens with two attached hydrogens (primary N) is 1. The number of anilines is 1. The number of nitrogen functional groups attached to an aromatic ring is 1. The second-order valence-corrected chi connectivity index (χ2v) is 5.46. The Kier molecular flexibility index (Phi) is 5.23. The van der Waals surface area contributed by atoms with Gasteiger partial charge in [0.2, 0.25) is 0 Å². The van der Waals surface area contributed by atoms with Gasteiger partial charge in [0, 0.05) is 19.3 Å². The Labute approximate surface area is 130 Å². The van der Waals surface area contributed by atoms with Crippen LogP contribution >= 0.6 is 11.6 Å². The van der Waals surface area contributed by atoms with Crippen molar-refractivity contribution in [3.05, 3.63) is 64.7 Å². The van der Waals surface area contributed by atoms with Crippen LogP contribution in [0.3, 0.4) is 0 Å². The molecule has 0 heterocycles. The van der Waals surface area contributed by atoms with Crippen molar-refractivity contribution in [2.24, 2.45) is 0 Å². The fourth-order valence-corrected chi connectivity index (χ4v) is 2.38. The molecule has 0 fully saturated rings. The van der Waals surface area contributed by atoms with Crippen molar-refractivity contribution in [3.8, 4) is 0 Å². The molecule has 0 atom stereocenters. The first-order valence-corrected chi connectivity index (χ1v) is 7.30. The molecule has 3 nitrogen and oxygen atoms in total. The van der Waals surface area contributed by atoms with Crippen molar-refractivity contribution < 1.29 is 4.79 Å². The Balaban J connectivity index is 1.92. The standard InChI is InChI=1S/C17H19ClN2O/c1-20(11-5-8-13-6-3-2-4-7-13)17(21)15-12-14(19)9-10-16(15)18/h2-4,6-7,9-10,12H,5,8,11,19H2,1H3. The van der Waals surface area contributed by atoms with E-state index in [-0.39, 0.29) is 5.91 Å². The Morgan fingerprint density at radius 2 is 1.90 bits per heavy atom. The summed E-state index contributed by atoms with van der Waals surface area (Å²) in [5.41, 5.74) is 7.99. The summed E-state index contributed by atoms with van der Waals surface area (Å²) in [4.78, 5) is 14.0. The fraction of sp³-hybridized carbons (Fsp3) is 0.235. The van der Waals surface area contributed by atoms with E-state index >= 15 is 0 Å². The van der Waals surface area contributed by atoms with Gasteiger partial charge in [0.15, 0.2) is 0 Å². The molecule has 0 unspecified atom stereocenters. The highest BCUT2D eigenvalue weighted by molar-refractivity contribution is 6.33. The molecule has 110 valence electrons. The molecule has 2 aromatic rings. The van der Waals surface area contributed by atoms with Gasteiger partial charge in [0.1, 0.15) is 0 Å². The summed E-state index contributed by atoms with van der Waals surface area (Å²) in [6.45, 7) is 0.679. The first kappa shape index (κ1) is 15.4. The minimum absolute atomic E-state index is 0.0969. The quantitative estimate of drug-likeness (QED) is 0.857. The smallest absolute Gasteiger partial charge is 0.255 e. The molecule has 0 aliphatic carbocycles. The number of benzene rings is 2. The van der Waals surface area contributed by atoms with Gasteiger partial charge in [0.25, 0.3) is 5.91 Å². The molecule has 1 amide bonds. The van der Waals surface area contributed by atoms with Gasteiger partial charge >= 0.3 is 0 Å². The normalized spacial score (nSPS) is 10.4. The van der Waals surface area contributed by atoms with Gasteiger partial charge in [0.05, 0.1) is 10.6 Å². The van der Waals surface area contributed by atoms with Gasteiger partial charge in [-0.05, 0) is 36.6 Å². The Morgan fingerprint density at radius 1 is 1.19 bits per heavy atom. The summed E-state index contributed by atoms with van der Waals surface area (Å²) in [7, 11) is 1.78. The minimum atomic E-state index is -0.0969. The van der Waals surface area contributed by atoms with Gasteiger partial charge < -0.3 is 10.6 Å². The topological polar surface area (TPSA) is 46.3 Å². The molecular weight excluding hydrogens is 284 g/mol. The van der Waals surface area contributed by atoms with Gasteiger partial charge in [-0.15, -0.1) is 0 Å². The number of halogens is 1. The highest BCUT2D eigenvalue weighted by Gasteiger charge is 2.15. The average Bonchev–Trinajstić information content (AvgIpc) is 2.50. The largest absolute Gasteiger partial charge is 0.399 e. The van der Waals surface area contributed by atoms with Crippen molar-refractivity contribution in [1.82, 2.24) is 4.90 Å². The summed E-state index contributed by atoms with van der Waals surface area (Å²) in [6.07, 6.45) is 1.86. The van der Waals surface area contributed by atoms with Crippen molar-refractivity contribution in [2.75, 3.05) is 19.3 Å². The zero-order valence-electron chi connectivity index (χ0n) is 12.1. The molecule has 2 rings (SSSR count). The Morgan fingerprint density at radius 3 is 2.62 bits per heavy atom. The van der Waals surface area contributed by atoms with E-state index in [0.29, 0.717) is 22.8 Å².